The largest absolute Gasteiger partial charge is 0.450 e. The number of carbonyl (C=O) groups excluding carboxylic acids is 1. The number of nitrogens with zero attached hydrogens (tertiary/aromatic N) is 1. The van der Waals surface area contributed by atoms with Crippen LogP contribution in [0.4, 0.5) is 0 Å². The van der Waals surface area contributed by atoms with Crippen molar-refractivity contribution in [3.63, 3.8) is 0 Å². The summed E-state index contributed by atoms with van der Waals surface area (Å²) >= 11 is 0. The van der Waals surface area contributed by atoms with Gasteiger partial charge in [0.05, 0.1) is 12.1 Å². The number of hydrogen-bond acceptors (Lipinski definition) is 4. The quantitative estimate of drug-likeness (QED) is 0.679. The number of rotatable bonds is 1. The highest BCUT2D eigenvalue weighted by molar-refractivity contribution is 5.87. The molecule has 0 saturated carbocycles. The van der Waals surface area contributed by atoms with E-state index in [1.54, 1.807) is 13.2 Å². The minimum absolute atomic E-state index is 0.142. The van der Waals surface area contributed by atoms with Gasteiger partial charge in [0.15, 0.2) is 0 Å². The van der Waals surface area contributed by atoms with Crippen molar-refractivity contribution in [3.8, 4) is 0 Å². The third kappa shape index (κ3) is 1.93. The normalized spacial score (nSPS) is 43.0. The van der Waals surface area contributed by atoms with Crippen LogP contribution in [-0.4, -0.2) is 48.3 Å². The van der Waals surface area contributed by atoms with Gasteiger partial charge in [-0.2, -0.15) is 0 Å². The van der Waals surface area contributed by atoms with E-state index in [9.17, 15) is 4.79 Å². The van der Waals surface area contributed by atoms with Gasteiger partial charge in [-0.05, 0) is 38.8 Å². The Morgan fingerprint density at radius 2 is 2.26 bits per heavy atom. The van der Waals surface area contributed by atoms with Crippen LogP contribution in [0.3, 0.4) is 0 Å². The molecule has 0 radical (unpaired) electrons. The average Bonchev–Trinajstić information content (AvgIpc) is 2.66. The third-order valence-corrected chi connectivity index (χ3v) is 5.21. The summed E-state index contributed by atoms with van der Waals surface area (Å²) in [6.45, 7) is 5.39. The summed E-state index contributed by atoms with van der Waals surface area (Å²) in [5, 5.41) is 0. The summed E-state index contributed by atoms with van der Waals surface area (Å²) < 4.78 is 11.4. The fourth-order valence-electron chi connectivity index (χ4n) is 4.05. The molecule has 19 heavy (non-hydrogen) atoms. The molecule has 3 heterocycles. The highest BCUT2D eigenvalue weighted by atomic mass is 16.6. The second-order valence-electron chi connectivity index (χ2n) is 6.17. The standard InChI is InChI=1S/C15H23NO3/c1-10-12(18-3)8-11-9-14(17)19-15(11,2)13-6-4-5-7-16(10)13/h9-10,12-13H,4-8H2,1-3H3/t10-,12-,13+,15-/m0/s1. The van der Waals surface area contributed by atoms with Gasteiger partial charge in [-0.15, -0.1) is 0 Å². The van der Waals surface area contributed by atoms with Gasteiger partial charge in [-0.25, -0.2) is 4.79 Å². The van der Waals surface area contributed by atoms with E-state index in [4.69, 9.17) is 9.47 Å². The molecule has 4 nitrogen and oxygen atoms in total. The highest BCUT2D eigenvalue weighted by Gasteiger charge is 2.52. The summed E-state index contributed by atoms with van der Waals surface area (Å²) in [7, 11) is 1.76. The number of ether oxygens (including phenoxy) is 2. The molecule has 2 saturated heterocycles. The van der Waals surface area contributed by atoms with Gasteiger partial charge in [0.1, 0.15) is 5.60 Å². The zero-order valence-corrected chi connectivity index (χ0v) is 12.0. The van der Waals surface area contributed by atoms with Crippen molar-refractivity contribution in [3.05, 3.63) is 11.6 Å². The Balaban J connectivity index is 2.02. The molecule has 3 aliphatic rings. The van der Waals surface area contributed by atoms with E-state index in [0.29, 0.717) is 12.1 Å². The van der Waals surface area contributed by atoms with E-state index in [0.717, 1.165) is 25.0 Å². The predicted octanol–water partition coefficient (Wildman–Crippen LogP) is 1.89. The minimum Gasteiger partial charge on any atom is -0.450 e. The summed E-state index contributed by atoms with van der Waals surface area (Å²) in [6, 6.07) is 0.673. The van der Waals surface area contributed by atoms with Crippen LogP contribution in [0, 0.1) is 0 Å². The Labute approximate surface area is 114 Å². The zero-order valence-electron chi connectivity index (χ0n) is 12.0. The first-order valence-electron chi connectivity index (χ1n) is 7.29. The van der Waals surface area contributed by atoms with E-state index < -0.39 is 5.60 Å². The SMILES string of the molecule is CO[C@H]1CC2=CC(=O)O[C@]2(C)[C@H]2CCCCN2[C@H]1C. The van der Waals surface area contributed by atoms with Gasteiger partial charge in [0, 0.05) is 25.6 Å². The zero-order chi connectivity index (χ0) is 13.6. The molecule has 4 heteroatoms. The molecular formula is C15H23NO3. The van der Waals surface area contributed by atoms with Gasteiger partial charge in [0.2, 0.25) is 0 Å². The number of methoxy groups -OCH3 is 1. The number of fused-ring (bicyclic) bond motifs is 3. The fraction of sp³-hybridized carbons (Fsp3) is 0.800. The van der Waals surface area contributed by atoms with Crippen LogP contribution in [-0.2, 0) is 14.3 Å². The Hall–Kier alpha value is -0.870. The summed E-state index contributed by atoms with van der Waals surface area (Å²) in [5.41, 5.74) is 0.671. The molecule has 0 amide bonds. The van der Waals surface area contributed by atoms with Gasteiger partial charge in [-0.1, -0.05) is 6.42 Å². The van der Waals surface area contributed by atoms with Crippen LogP contribution in [0.1, 0.15) is 39.5 Å². The monoisotopic (exact) mass is 265 g/mol. The molecule has 106 valence electrons. The minimum atomic E-state index is -0.445. The topological polar surface area (TPSA) is 38.8 Å². The van der Waals surface area contributed by atoms with Crippen molar-refractivity contribution in [1.82, 2.24) is 4.90 Å². The van der Waals surface area contributed by atoms with E-state index in [1.165, 1.54) is 12.8 Å². The molecular weight excluding hydrogens is 242 g/mol. The second kappa shape index (κ2) is 4.60. The molecule has 0 spiro atoms. The number of esters is 1. The lowest BCUT2D eigenvalue weighted by molar-refractivity contribution is -0.152. The molecule has 0 aliphatic carbocycles. The van der Waals surface area contributed by atoms with E-state index >= 15 is 0 Å². The van der Waals surface area contributed by atoms with E-state index in [-0.39, 0.29) is 12.1 Å². The van der Waals surface area contributed by atoms with E-state index in [2.05, 4.69) is 18.7 Å². The lowest BCUT2D eigenvalue weighted by Crippen LogP contribution is -2.56. The summed E-state index contributed by atoms with van der Waals surface area (Å²) in [5.74, 6) is -0.188. The average molecular weight is 265 g/mol. The Kier molecular flexibility index (Phi) is 3.18. The van der Waals surface area contributed by atoms with Crippen molar-refractivity contribution in [2.75, 3.05) is 13.7 Å². The van der Waals surface area contributed by atoms with Gasteiger partial charge >= 0.3 is 5.97 Å². The first-order chi connectivity index (χ1) is 9.06. The molecule has 4 atom stereocenters. The number of carbonyl (C=O) groups is 1. The first-order valence-corrected chi connectivity index (χ1v) is 7.29. The Morgan fingerprint density at radius 1 is 1.47 bits per heavy atom. The maximum atomic E-state index is 11.7. The Morgan fingerprint density at radius 3 is 3.00 bits per heavy atom. The van der Waals surface area contributed by atoms with Gasteiger partial charge in [0.25, 0.3) is 0 Å². The van der Waals surface area contributed by atoms with Gasteiger partial charge < -0.3 is 9.47 Å². The van der Waals surface area contributed by atoms with Crippen LogP contribution in [0.5, 0.6) is 0 Å². The van der Waals surface area contributed by atoms with Crippen LogP contribution in [0.25, 0.3) is 0 Å². The molecule has 3 rings (SSSR count). The molecule has 0 unspecified atom stereocenters. The summed E-state index contributed by atoms with van der Waals surface area (Å²) in [6.07, 6.45) is 6.17. The van der Waals surface area contributed by atoms with Crippen LogP contribution in [0.2, 0.25) is 0 Å². The molecule has 0 aromatic carbocycles. The maximum absolute atomic E-state index is 11.7. The van der Waals surface area contributed by atoms with Crippen molar-refractivity contribution < 1.29 is 14.3 Å². The summed E-state index contributed by atoms with van der Waals surface area (Å²) in [4.78, 5) is 14.2. The molecule has 0 aromatic heterocycles. The van der Waals surface area contributed by atoms with Crippen molar-refractivity contribution in [2.45, 2.75) is 63.3 Å². The molecule has 0 aromatic rings. The fourth-order valence-corrected chi connectivity index (χ4v) is 4.05. The molecule has 0 bridgehead atoms. The number of hydrogen-bond donors (Lipinski definition) is 0. The van der Waals surface area contributed by atoms with Crippen molar-refractivity contribution in [2.24, 2.45) is 0 Å². The highest BCUT2D eigenvalue weighted by Crippen LogP contribution is 2.44. The number of piperidine rings is 1. The lowest BCUT2D eigenvalue weighted by Gasteiger charge is -2.45. The van der Waals surface area contributed by atoms with Gasteiger partial charge in [-0.3, -0.25) is 4.90 Å². The van der Waals surface area contributed by atoms with E-state index in [1.807, 2.05) is 0 Å². The van der Waals surface area contributed by atoms with Crippen molar-refractivity contribution >= 4 is 5.97 Å². The Bertz CT molecular complexity index is 420. The predicted molar refractivity (Wildman–Crippen MR) is 71.8 cm³/mol. The second-order valence-corrected chi connectivity index (χ2v) is 6.17. The van der Waals surface area contributed by atoms with Crippen molar-refractivity contribution in [1.29, 1.82) is 0 Å². The first kappa shape index (κ1) is 13.1. The lowest BCUT2D eigenvalue weighted by atomic mass is 9.83. The van der Waals surface area contributed by atoms with Crippen LogP contribution < -0.4 is 0 Å². The third-order valence-electron chi connectivity index (χ3n) is 5.21. The molecule has 0 N–H and O–H groups in total. The van der Waals surface area contributed by atoms with Crippen LogP contribution >= 0.6 is 0 Å². The maximum Gasteiger partial charge on any atom is 0.331 e. The smallest absolute Gasteiger partial charge is 0.331 e. The molecule has 2 fully saturated rings. The molecule has 3 aliphatic heterocycles. The van der Waals surface area contributed by atoms with Crippen LogP contribution in [0.15, 0.2) is 11.6 Å².